The number of methoxy groups -OCH3 is 1. The van der Waals surface area contributed by atoms with Crippen LogP contribution in [0.2, 0.25) is 18.1 Å². The second kappa shape index (κ2) is 8.84. The summed E-state index contributed by atoms with van der Waals surface area (Å²) in [5.41, 5.74) is 6.59. The first-order valence-electron chi connectivity index (χ1n) is 8.95. The number of carbonyl (C=O) groups excluding carboxylic acids is 1. The fraction of sp³-hybridized carbons (Fsp3) is 0.647. The number of imidazole rings is 1. The summed E-state index contributed by atoms with van der Waals surface area (Å²) in [6, 6.07) is 0. The van der Waals surface area contributed by atoms with Crippen LogP contribution < -0.4 is 10.5 Å². The average Bonchev–Trinajstić information content (AvgIpc) is 3.00. The number of rotatable bonds is 9. The molecule has 0 fully saturated rings. The monoisotopic (exact) mass is 411 g/mol. The molecule has 0 amide bonds. The Hall–Kier alpha value is -2.24. The molecule has 2 rings (SSSR count). The molecule has 11 heteroatoms. The highest BCUT2D eigenvalue weighted by Crippen LogP contribution is 2.36. The number of aromatic nitrogens is 4. The molecule has 0 radical (unpaired) electrons. The van der Waals surface area contributed by atoms with E-state index < -0.39 is 14.3 Å². The maximum absolute atomic E-state index is 11.3. The Labute approximate surface area is 165 Å². The van der Waals surface area contributed by atoms with Gasteiger partial charge in [0, 0.05) is 0 Å². The van der Waals surface area contributed by atoms with Crippen LogP contribution in [0.1, 0.15) is 20.8 Å². The average molecular weight is 412 g/mol. The second-order valence-corrected chi connectivity index (χ2v) is 12.6. The molecular formula is C17H29N5O5Si. The van der Waals surface area contributed by atoms with Gasteiger partial charge in [-0.2, -0.15) is 9.97 Å². The van der Waals surface area contributed by atoms with Crippen molar-refractivity contribution in [1.82, 2.24) is 19.5 Å². The second-order valence-electron chi connectivity index (χ2n) is 7.78. The van der Waals surface area contributed by atoms with Gasteiger partial charge in [-0.25, -0.2) is 9.78 Å². The summed E-state index contributed by atoms with van der Waals surface area (Å²) in [7, 11) is -0.518. The van der Waals surface area contributed by atoms with E-state index in [1.54, 1.807) is 10.9 Å². The van der Waals surface area contributed by atoms with Crippen molar-refractivity contribution < 1.29 is 23.4 Å². The van der Waals surface area contributed by atoms with Crippen LogP contribution >= 0.6 is 0 Å². The topological polar surface area (TPSA) is 124 Å². The minimum Gasteiger partial charge on any atom is -0.466 e. The first-order chi connectivity index (χ1) is 13.0. The largest absolute Gasteiger partial charge is 0.466 e. The third-order valence-electron chi connectivity index (χ3n) is 4.73. The zero-order chi connectivity index (χ0) is 20.9. The maximum atomic E-state index is 11.3. The van der Waals surface area contributed by atoms with Crippen molar-refractivity contribution in [2.24, 2.45) is 0 Å². The van der Waals surface area contributed by atoms with Gasteiger partial charge in [-0.3, -0.25) is 4.57 Å². The van der Waals surface area contributed by atoms with Crippen LogP contribution in [0.15, 0.2) is 6.33 Å². The van der Waals surface area contributed by atoms with Gasteiger partial charge < -0.3 is 24.4 Å². The Bertz CT molecular complexity index is 818. The molecule has 0 aliphatic heterocycles. The molecule has 0 atom stereocenters. The minimum absolute atomic E-state index is 0.00961. The Morgan fingerprint density at radius 3 is 2.61 bits per heavy atom. The van der Waals surface area contributed by atoms with Crippen LogP contribution in [0.3, 0.4) is 0 Å². The number of fused-ring (bicyclic) bond motifs is 1. The van der Waals surface area contributed by atoms with Gasteiger partial charge in [0.1, 0.15) is 6.73 Å². The van der Waals surface area contributed by atoms with Gasteiger partial charge in [-0.1, -0.05) is 20.8 Å². The van der Waals surface area contributed by atoms with E-state index in [1.807, 2.05) is 0 Å². The summed E-state index contributed by atoms with van der Waals surface area (Å²) >= 11 is 0. The zero-order valence-corrected chi connectivity index (χ0v) is 18.3. The van der Waals surface area contributed by atoms with Crippen molar-refractivity contribution in [3.63, 3.8) is 0 Å². The van der Waals surface area contributed by atoms with Crippen LogP contribution in [0.4, 0.5) is 5.95 Å². The van der Waals surface area contributed by atoms with E-state index in [2.05, 4.69) is 53.6 Å². The predicted molar refractivity (Wildman–Crippen MR) is 106 cm³/mol. The summed E-state index contributed by atoms with van der Waals surface area (Å²) < 4.78 is 23.4. The lowest BCUT2D eigenvalue weighted by Gasteiger charge is -2.36. The van der Waals surface area contributed by atoms with Gasteiger partial charge in [0.05, 0.1) is 26.7 Å². The van der Waals surface area contributed by atoms with Gasteiger partial charge in [0.25, 0.3) is 0 Å². The van der Waals surface area contributed by atoms with Crippen LogP contribution in [0, 0.1) is 0 Å². The highest BCUT2D eigenvalue weighted by Gasteiger charge is 2.36. The first kappa shape index (κ1) is 22.1. The fourth-order valence-corrected chi connectivity index (χ4v) is 3.08. The summed E-state index contributed by atoms with van der Waals surface area (Å²) in [6.45, 7) is 11.9. The number of hydrogen-bond donors (Lipinski definition) is 1. The third kappa shape index (κ3) is 5.39. The van der Waals surface area contributed by atoms with Crippen LogP contribution in [-0.2, 0) is 25.4 Å². The maximum Gasteiger partial charge on any atom is 0.343 e. The summed E-state index contributed by atoms with van der Waals surface area (Å²) in [5.74, 6) is -0.405. The van der Waals surface area contributed by atoms with Crippen molar-refractivity contribution in [3.8, 4) is 5.88 Å². The van der Waals surface area contributed by atoms with Crippen LogP contribution in [0.25, 0.3) is 11.2 Å². The van der Waals surface area contributed by atoms with E-state index in [1.165, 1.54) is 7.11 Å². The lowest BCUT2D eigenvalue weighted by molar-refractivity contribution is -0.142. The molecular weight excluding hydrogens is 382 g/mol. The van der Waals surface area contributed by atoms with Crippen molar-refractivity contribution in [3.05, 3.63) is 6.33 Å². The molecule has 0 unspecified atom stereocenters. The molecule has 0 aliphatic carbocycles. The van der Waals surface area contributed by atoms with Crippen molar-refractivity contribution in [1.29, 1.82) is 0 Å². The van der Waals surface area contributed by atoms with Gasteiger partial charge in [-0.15, -0.1) is 0 Å². The number of nitrogens with two attached hydrogens (primary N) is 1. The number of nitrogen functional groups attached to an aromatic ring is 1. The van der Waals surface area contributed by atoms with Crippen molar-refractivity contribution in [2.75, 3.05) is 32.7 Å². The van der Waals surface area contributed by atoms with Gasteiger partial charge >= 0.3 is 5.97 Å². The number of carbonyl (C=O) groups is 1. The number of anilines is 1. The minimum atomic E-state index is -1.79. The van der Waals surface area contributed by atoms with E-state index in [4.69, 9.17) is 19.6 Å². The highest BCUT2D eigenvalue weighted by molar-refractivity contribution is 6.74. The zero-order valence-electron chi connectivity index (χ0n) is 17.3. The summed E-state index contributed by atoms with van der Waals surface area (Å²) in [4.78, 5) is 23.7. The Balaban J connectivity index is 1.97. The molecule has 2 heterocycles. The molecule has 0 aromatic carbocycles. The molecule has 2 aromatic heterocycles. The third-order valence-corrected chi connectivity index (χ3v) is 9.27. The van der Waals surface area contributed by atoms with E-state index in [0.29, 0.717) is 24.4 Å². The van der Waals surface area contributed by atoms with Gasteiger partial charge in [-0.05, 0) is 18.1 Å². The summed E-state index contributed by atoms with van der Waals surface area (Å²) in [6.07, 6.45) is 1.55. The SMILES string of the molecule is COC(=O)COc1nc(N)nc2c1ncn2COCCO[Si](C)(C)C(C)(C)C. The number of hydrogen-bond acceptors (Lipinski definition) is 9. The Kier molecular flexibility index (Phi) is 6.96. The highest BCUT2D eigenvalue weighted by atomic mass is 28.4. The number of ether oxygens (including phenoxy) is 3. The first-order valence-corrected chi connectivity index (χ1v) is 11.9. The van der Waals surface area contributed by atoms with Gasteiger partial charge in [0.15, 0.2) is 26.1 Å². The number of nitrogens with zero attached hydrogens (tertiary/aromatic N) is 4. The molecule has 0 aliphatic rings. The van der Waals surface area contributed by atoms with Gasteiger partial charge in [0.2, 0.25) is 11.8 Å². The standard InChI is InChI=1S/C17H29N5O5Si/c1-17(2,3)28(5,6)27-8-7-25-11-22-10-19-13-14(22)20-16(18)21-15(13)26-9-12(23)24-4/h10H,7-9,11H2,1-6H3,(H2,18,20,21). The molecule has 28 heavy (non-hydrogen) atoms. The van der Waals surface area contributed by atoms with Crippen molar-refractivity contribution >= 4 is 31.4 Å². The van der Waals surface area contributed by atoms with E-state index in [9.17, 15) is 4.79 Å². The molecule has 10 nitrogen and oxygen atoms in total. The fourth-order valence-electron chi connectivity index (χ4n) is 2.05. The summed E-state index contributed by atoms with van der Waals surface area (Å²) in [5, 5.41) is 0.155. The molecule has 0 saturated carbocycles. The Morgan fingerprint density at radius 2 is 1.96 bits per heavy atom. The van der Waals surface area contributed by atoms with Crippen LogP contribution in [-0.4, -0.2) is 60.7 Å². The molecule has 2 N–H and O–H groups in total. The Morgan fingerprint density at radius 1 is 1.25 bits per heavy atom. The quantitative estimate of drug-likeness (QED) is 0.374. The molecule has 156 valence electrons. The normalized spacial score (nSPS) is 12.4. The van der Waals surface area contributed by atoms with Crippen molar-refractivity contribution in [2.45, 2.75) is 45.6 Å². The van der Waals surface area contributed by atoms with Crippen LogP contribution in [0.5, 0.6) is 5.88 Å². The lowest BCUT2D eigenvalue weighted by Crippen LogP contribution is -2.41. The van der Waals surface area contributed by atoms with E-state index >= 15 is 0 Å². The molecule has 0 spiro atoms. The molecule has 2 aromatic rings. The van der Waals surface area contributed by atoms with E-state index in [-0.39, 0.29) is 30.2 Å². The molecule has 0 bridgehead atoms. The predicted octanol–water partition coefficient (Wildman–Crippen LogP) is 1.96. The molecule has 0 saturated heterocycles. The smallest absolute Gasteiger partial charge is 0.343 e. The lowest BCUT2D eigenvalue weighted by atomic mass is 10.2. The van der Waals surface area contributed by atoms with E-state index in [0.717, 1.165) is 0 Å². The number of esters is 1.